The standard InChI is InChI=1S/6Al.Li.H2.19H/h;;;;;;;1H;;;;;;;;;;;;;;;;;;;. The first kappa shape index (κ1) is 72.0. The molecule has 0 aliphatic heterocycles. The van der Waals surface area contributed by atoms with E-state index in [0.717, 1.165) is 0 Å². The topological polar surface area (TPSA) is 0 Å². The zero-order valence-corrected chi connectivity index (χ0v) is 0. The zero-order valence-electron chi connectivity index (χ0n) is 0. The van der Waals surface area contributed by atoms with Gasteiger partial charge in [-0.25, -0.2) is 0 Å². The van der Waals surface area contributed by atoms with Crippen LogP contribution < -0.4 is 0 Å². The van der Waals surface area contributed by atoms with E-state index in [0.29, 0.717) is 0 Å². The number of hydrogen-bond donors (Lipinski definition) is 0. The Balaban J connectivity index is 0. The van der Waals surface area contributed by atoms with Gasteiger partial charge in [0.15, 0.2) is 104 Å². The molecule has 0 aliphatic carbocycles. The van der Waals surface area contributed by atoms with Crippen LogP contribution in [-0.4, -0.2) is 123 Å². The van der Waals surface area contributed by atoms with Gasteiger partial charge in [0, 0.05) is 1.43 Å². The monoisotopic (exact) mass is 190 g/mol. The van der Waals surface area contributed by atoms with Crippen LogP contribution in [0.1, 0.15) is 1.43 Å². The van der Waals surface area contributed by atoms with Crippen molar-refractivity contribution in [2.75, 3.05) is 0 Å². The van der Waals surface area contributed by atoms with Gasteiger partial charge in [-0.3, -0.25) is 0 Å². The Morgan fingerprint density at radius 2 is 0.429 bits per heavy atom. The van der Waals surface area contributed by atoms with E-state index in [1.165, 1.54) is 0 Å². The van der Waals surface area contributed by atoms with Crippen molar-refractivity contribution in [2.24, 2.45) is 0 Å². The van der Waals surface area contributed by atoms with Gasteiger partial charge in [0.25, 0.3) is 0 Å². The predicted octanol–water partition coefficient (Wildman–Crippen LogP) is -7.51. The van der Waals surface area contributed by atoms with E-state index in [2.05, 4.69) is 0 Å². The molecule has 0 unspecified atom stereocenters. The molecular formula is H21Al6Li. The SMILES string of the molecule is [AlH3].[AlH3].[AlH3].[AlH3].[AlH3].[AlH3].[HH].[LiH]. The average molecular weight is 190 g/mol. The third kappa shape index (κ3) is 41.3. The Bertz CT molecular complexity index is 8.49. The van der Waals surface area contributed by atoms with Crippen LogP contribution in [0.25, 0.3) is 0 Å². The Morgan fingerprint density at radius 1 is 0.429 bits per heavy atom. The summed E-state index contributed by atoms with van der Waals surface area (Å²) < 4.78 is 0. The first-order valence-electron chi connectivity index (χ1n) is 0. The maximum absolute atomic E-state index is 0. The first-order chi connectivity index (χ1) is 0. The number of rotatable bonds is 0. The predicted molar refractivity (Wildman–Crippen MR) is 68.9 cm³/mol. The molecule has 0 nitrogen and oxygen atoms in total. The van der Waals surface area contributed by atoms with E-state index in [1.54, 1.807) is 0 Å². The van der Waals surface area contributed by atoms with Crippen LogP contribution in [0.4, 0.5) is 0 Å². The van der Waals surface area contributed by atoms with Gasteiger partial charge < -0.3 is 0 Å². The molecule has 0 atom stereocenters. The van der Waals surface area contributed by atoms with Crippen molar-refractivity contribution in [1.82, 2.24) is 0 Å². The molecule has 0 fully saturated rings. The molecule has 0 saturated carbocycles. The molecule has 40 valence electrons. The van der Waals surface area contributed by atoms with Crippen LogP contribution in [0, 0.1) is 0 Å². The molecule has 0 aromatic rings. The van der Waals surface area contributed by atoms with Gasteiger partial charge in [0.1, 0.15) is 0 Å². The summed E-state index contributed by atoms with van der Waals surface area (Å²) in [5, 5.41) is 0. The van der Waals surface area contributed by atoms with Gasteiger partial charge in [-0.15, -0.1) is 0 Å². The maximum atomic E-state index is 0. The molecule has 0 heterocycles. The minimum atomic E-state index is 0. The molecular weight excluding hydrogens is 169 g/mol. The minimum absolute atomic E-state index is 0. The van der Waals surface area contributed by atoms with Gasteiger partial charge in [0.05, 0.1) is 0 Å². The summed E-state index contributed by atoms with van der Waals surface area (Å²) in [6.45, 7) is 0. The molecule has 0 amide bonds. The summed E-state index contributed by atoms with van der Waals surface area (Å²) in [7, 11) is 0. The summed E-state index contributed by atoms with van der Waals surface area (Å²) in [6, 6.07) is 0. The molecule has 0 rings (SSSR count). The molecule has 0 bridgehead atoms. The number of hydrogen-bond acceptors (Lipinski definition) is 0. The fourth-order valence-corrected chi connectivity index (χ4v) is 0. The third-order valence-electron chi connectivity index (χ3n) is 0. The van der Waals surface area contributed by atoms with Gasteiger partial charge >= 0.3 is 18.9 Å². The molecule has 7 heavy (non-hydrogen) atoms. The summed E-state index contributed by atoms with van der Waals surface area (Å²) >= 11 is 0. The van der Waals surface area contributed by atoms with E-state index in [9.17, 15) is 0 Å². The van der Waals surface area contributed by atoms with Crippen molar-refractivity contribution in [3.63, 3.8) is 0 Å². The molecule has 0 aromatic carbocycles. The van der Waals surface area contributed by atoms with Crippen LogP contribution >= 0.6 is 0 Å². The molecule has 0 aromatic heterocycles. The van der Waals surface area contributed by atoms with Crippen LogP contribution in [0.3, 0.4) is 0 Å². The summed E-state index contributed by atoms with van der Waals surface area (Å²) in [5.41, 5.74) is 0. The van der Waals surface area contributed by atoms with Crippen molar-refractivity contribution in [3.8, 4) is 0 Å². The second-order valence-electron chi connectivity index (χ2n) is 0. The zero-order chi connectivity index (χ0) is 0. The molecule has 7 heteroatoms. The molecule has 0 N–H and O–H groups in total. The van der Waals surface area contributed by atoms with Crippen LogP contribution in [-0.2, 0) is 0 Å². The first-order valence-corrected chi connectivity index (χ1v) is 0. The normalized spacial score (nSPS) is 0. The van der Waals surface area contributed by atoms with Crippen molar-refractivity contribution < 1.29 is 1.43 Å². The van der Waals surface area contributed by atoms with Crippen molar-refractivity contribution >= 4 is 123 Å². The second-order valence-corrected chi connectivity index (χ2v) is 0. The van der Waals surface area contributed by atoms with Crippen molar-refractivity contribution in [2.45, 2.75) is 0 Å². The van der Waals surface area contributed by atoms with E-state index in [-0.39, 0.29) is 124 Å². The fraction of sp³-hybridized carbons (Fsp3) is 0. The molecule has 0 aliphatic rings. The van der Waals surface area contributed by atoms with Gasteiger partial charge in [-0.05, 0) is 0 Å². The van der Waals surface area contributed by atoms with E-state index < -0.39 is 0 Å². The quantitative estimate of drug-likeness (QED) is 0.333. The fourth-order valence-electron chi connectivity index (χ4n) is 0. The van der Waals surface area contributed by atoms with Gasteiger partial charge in [-0.2, -0.15) is 0 Å². The van der Waals surface area contributed by atoms with Crippen LogP contribution in [0.2, 0.25) is 0 Å². The average Bonchev–Trinajstić information content (AvgIpc) is 0. The Hall–Kier alpha value is 3.79. The van der Waals surface area contributed by atoms with Crippen LogP contribution in [0.15, 0.2) is 0 Å². The Kier molecular flexibility index (Phi) is 541. The molecule has 0 saturated heterocycles. The van der Waals surface area contributed by atoms with Gasteiger partial charge in [-0.1, -0.05) is 0 Å². The second kappa shape index (κ2) is 52.6. The van der Waals surface area contributed by atoms with E-state index in [1.807, 2.05) is 0 Å². The van der Waals surface area contributed by atoms with Crippen molar-refractivity contribution in [3.05, 3.63) is 0 Å². The Morgan fingerprint density at radius 3 is 0.429 bits per heavy atom. The molecule has 0 radical (unpaired) electrons. The van der Waals surface area contributed by atoms with Gasteiger partial charge in [0.2, 0.25) is 0 Å². The third-order valence-corrected chi connectivity index (χ3v) is 0. The van der Waals surface area contributed by atoms with E-state index in [4.69, 9.17) is 0 Å². The summed E-state index contributed by atoms with van der Waals surface area (Å²) in [6.07, 6.45) is 0. The summed E-state index contributed by atoms with van der Waals surface area (Å²) in [4.78, 5) is 0. The van der Waals surface area contributed by atoms with E-state index >= 15 is 0 Å². The van der Waals surface area contributed by atoms with Crippen molar-refractivity contribution in [1.29, 1.82) is 0 Å². The summed E-state index contributed by atoms with van der Waals surface area (Å²) in [5.74, 6) is 0. The van der Waals surface area contributed by atoms with Crippen LogP contribution in [0.5, 0.6) is 0 Å². The molecule has 0 spiro atoms. The Labute approximate surface area is 122 Å².